The van der Waals surface area contributed by atoms with Gasteiger partial charge in [-0.1, -0.05) is 12.1 Å². The second-order valence-corrected chi connectivity index (χ2v) is 4.74. The van der Waals surface area contributed by atoms with Gasteiger partial charge in [-0.3, -0.25) is 0 Å². The minimum Gasteiger partial charge on any atom is -0.335 e. The predicted octanol–water partition coefficient (Wildman–Crippen LogP) is 1.62. The van der Waals surface area contributed by atoms with Crippen molar-refractivity contribution in [3.05, 3.63) is 29.3 Å². The van der Waals surface area contributed by atoms with Gasteiger partial charge in [-0.2, -0.15) is 0 Å². The number of anilines is 1. The Bertz CT molecular complexity index is 440. The summed E-state index contributed by atoms with van der Waals surface area (Å²) in [4.78, 5) is 11.7. The Morgan fingerprint density at radius 2 is 2.24 bits per heavy atom. The molecule has 0 bridgehead atoms. The Balaban J connectivity index is 1.75. The first-order valence-electron chi connectivity index (χ1n) is 6.22. The number of urea groups is 1. The zero-order valence-corrected chi connectivity index (χ0v) is 9.75. The van der Waals surface area contributed by atoms with Gasteiger partial charge in [0.15, 0.2) is 0 Å². The molecule has 3 rings (SSSR count). The van der Waals surface area contributed by atoms with E-state index in [1.54, 1.807) is 0 Å². The fourth-order valence-corrected chi connectivity index (χ4v) is 2.22. The van der Waals surface area contributed by atoms with Gasteiger partial charge in [-0.05, 0) is 43.0 Å². The van der Waals surface area contributed by atoms with Gasteiger partial charge in [0.2, 0.25) is 0 Å². The summed E-state index contributed by atoms with van der Waals surface area (Å²) in [5, 5.41) is 9.24. The van der Waals surface area contributed by atoms with Crippen molar-refractivity contribution in [3.63, 3.8) is 0 Å². The van der Waals surface area contributed by atoms with E-state index in [1.807, 2.05) is 12.1 Å². The van der Waals surface area contributed by atoms with Crippen LogP contribution in [0.25, 0.3) is 0 Å². The number of carbonyl (C=O) groups is 1. The highest BCUT2D eigenvalue weighted by Crippen LogP contribution is 2.23. The number of rotatable bonds is 2. The average Bonchev–Trinajstić information content (AvgIpc) is 3.13. The topological polar surface area (TPSA) is 53.2 Å². The van der Waals surface area contributed by atoms with E-state index < -0.39 is 0 Å². The molecule has 4 nitrogen and oxygen atoms in total. The van der Waals surface area contributed by atoms with Gasteiger partial charge in [0.05, 0.1) is 0 Å². The zero-order valence-electron chi connectivity index (χ0n) is 9.75. The third-order valence-electron chi connectivity index (χ3n) is 3.30. The normalized spacial score (nSPS) is 18.4. The Morgan fingerprint density at radius 1 is 1.35 bits per heavy atom. The van der Waals surface area contributed by atoms with Crippen molar-refractivity contribution in [2.75, 3.05) is 11.9 Å². The lowest BCUT2D eigenvalue weighted by atomic mass is 9.99. The number of carbonyl (C=O) groups excluding carboxylic acids is 1. The van der Waals surface area contributed by atoms with Crippen molar-refractivity contribution in [1.82, 2.24) is 10.6 Å². The van der Waals surface area contributed by atoms with Crippen LogP contribution in [0.2, 0.25) is 0 Å². The lowest BCUT2D eigenvalue weighted by Crippen LogP contribution is -2.32. The quantitative estimate of drug-likeness (QED) is 0.724. The summed E-state index contributed by atoms with van der Waals surface area (Å²) < 4.78 is 0. The first-order valence-corrected chi connectivity index (χ1v) is 6.22. The van der Waals surface area contributed by atoms with Crippen LogP contribution in [0.5, 0.6) is 0 Å². The Labute approximate surface area is 101 Å². The van der Waals surface area contributed by atoms with Crippen molar-refractivity contribution < 1.29 is 4.79 Å². The van der Waals surface area contributed by atoms with Gasteiger partial charge < -0.3 is 16.0 Å². The molecule has 1 aliphatic heterocycles. The number of fused-ring (bicyclic) bond motifs is 1. The number of nitrogens with one attached hydrogen (secondary N) is 3. The second kappa shape index (κ2) is 4.37. The number of hydrogen-bond acceptors (Lipinski definition) is 2. The van der Waals surface area contributed by atoms with E-state index in [1.165, 1.54) is 11.1 Å². The van der Waals surface area contributed by atoms with Gasteiger partial charge in [0.1, 0.15) is 0 Å². The summed E-state index contributed by atoms with van der Waals surface area (Å²) in [5.74, 6) is 0. The van der Waals surface area contributed by atoms with Crippen molar-refractivity contribution in [1.29, 1.82) is 0 Å². The van der Waals surface area contributed by atoms with Gasteiger partial charge in [-0.25, -0.2) is 4.79 Å². The van der Waals surface area contributed by atoms with Gasteiger partial charge >= 0.3 is 6.03 Å². The van der Waals surface area contributed by atoms with E-state index in [4.69, 9.17) is 0 Å². The molecule has 4 heteroatoms. The van der Waals surface area contributed by atoms with Crippen molar-refractivity contribution in [2.45, 2.75) is 31.8 Å². The van der Waals surface area contributed by atoms with E-state index in [0.717, 1.165) is 38.0 Å². The number of benzene rings is 1. The monoisotopic (exact) mass is 231 g/mol. The first-order chi connectivity index (χ1) is 8.33. The van der Waals surface area contributed by atoms with E-state index in [2.05, 4.69) is 22.0 Å². The molecule has 1 heterocycles. The standard InChI is InChI=1S/C13H17N3O/c17-13(15-10-4-5-10)16-12-3-1-2-9-8-14-7-6-11(9)12/h1-3,10,14H,4-8H2,(H2,15,16,17). The molecule has 0 radical (unpaired) electrons. The van der Waals surface area contributed by atoms with Crippen LogP contribution in [0.4, 0.5) is 10.5 Å². The molecule has 1 saturated carbocycles. The molecule has 90 valence electrons. The highest BCUT2D eigenvalue weighted by atomic mass is 16.2. The van der Waals surface area contributed by atoms with Crippen LogP contribution < -0.4 is 16.0 Å². The third kappa shape index (κ3) is 2.42. The van der Waals surface area contributed by atoms with Crippen LogP contribution in [0.3, 0.4) is 0 Å². The second-order valence-electron chi connectivity index (χ2n) is 4.74. The summed E-state index contributed by atoms with van der Waals surface area (Å²) in [5.41, 5.74) is 3.53. The molecule has 3 N–H and O–H groups in total. The molecule has 0 atom stereocenters. The lowest BCUT2D eigenvalue weighted by molar-refractivity contribution is 0.251. The summed E-state index contributed by atoms with van der Waals surface area (Å²) in [6.45, 7) is 1.88. The average molecular weight is 231 g/mol. The molecule has 1 aromatic rings. The molecule has 0 saturated heterocycles. The fourth-order valence-electron chi connectivity index (χ4n) is 2.22. The van der Waals surface area contributed by atoms with Crippen LogP contribution in [0, 0.1) is 0 Å². The summed E-state index contributed by atoms with van der Waals surface area (Å²) in [7, 11) is 0. The van der Waals surface area contributed by atoms with Crippen LogP contribution in [0.15, 0.2) is 18.2 Å². The molecule has 0 spiro atoms. The highest BCUT2D eigenvalue weighted by Gasteiger charge is 2.23. The molecular formula is C13H17N3O. The third-order valence-corrected chi connectivity index (χ3v) is 3.30. The van der Waals surface area contributed by atoms with E-state index in [9.17, 15) is 4.79 Å². The fraction of sp³-hybridized carbons (Fsp3) is 0.462. The Morgan fingerprint density at radius 3 is 3.06 bits per heavy atom. The minimum absolute atomic E-state index is 0.0700. The lowest BCUT2D eigenvalue weighted by Gasteiger charge is -2.20. The van der Waals surface area contributed by atoms with E-state index in [-0.39, 0.29) is 6.03 Å². The predicted molar refractivity (Wildman–Crippen MR) is 67.0 cm³/mol. The van der Waals surface area contributed by atoms with Crippen molar-refractivity contribution >= 4 is 11.7 Å². The van der Waals surface area contributed by atoms with Crippen LogP contribution in [-0.2, 0) is 13.0 Å². The van der Waals surface area contributed by atoms with Crippen LogP contribution in [-0.4, -0.2) is 18.6 Å². The smallest absolute Gasteiger partial charge is 0.319 e. The largest absolute Gasteiger partial charge is 0.335 e. The van der Waals surface area contributed by atoms with Crippen molar-refractivity contribution in [3.8, 4) is 0 Å². The molecule has 0 aromatic heterocycles. The molecule has 17 heavy (non-hydrogen) atoms. The summed E-state index contributed by atoms with van der Waals surface area (Å²) in [6.07, 6.45) is 3.21. The molecule has 1 aromatic carbocycles. The molecular weight excluding hydrogens is 214 g/mol. The Kier molecular flexibility index (Phi) is 2.73. The Hall–Kier alpha value is -1.55. The van der Waals surface area contributed by atoms with Crippen molar-refractivity contribution in [2.24, 2.45) is 0 Å². The molecule has 0 unspecified atom stereocenters. The summed E-state index contributed by atoms with van der Waals surface area (Å²) in [6, 6.07) is 6.43. The zero-order chi connectivity index (χ0) is 11.7. The minimum atomic E-state index is -0.0700. The van der Waals surface area contributed by atoms with Crippen LogP contribution in [0.1, 0.15) is 24.0 Å². The maximum Gasteiger partial charge on any atom is 0.319 e. The molecule has 2 amide bonds. The highest BCUT2D eigenvalue weighted by molar-refractivity contribution is 5.90. The molecule has 1 fully saturated rings. The van der Waals surface area contributed by atoms with Crippen LogP contribution >= 0.6 is 0 Å². The van der Waals surface area contributed by atoms with Gasteiger partial charge in [-0.15, -0.1) is 0 Å². The molecule has 1 aliphatic carbocycles. The van der Waals surface area contributed by atoms with E-state index in [0.29, 0.717) is 6.04 Å². The SMILES string of the molecule is O=C(Nc1cccc2c1CCNC2)NC1CC1. The van der Waals surface area contributed by atoms with Gasteiger partial charge in [0, 0.05) is 18.3 Å². The maximum atomic E-state index is 11.7. The maximum absolute atomic E-state index is 11.7. The number of hydrogen-bond donors (Lipinski definition) is 3. The first kappa shape index (κ1) is 10.6. The van der Waals surface area contributed by atoms with Gasteiger partial charge in [0.25, 0.3) is 0 Å². The number of amides is 2. The molecule has 2 aliphatic rings. The van der Waals surface area contributed by atoms with E-state index >= 15 is 0 Å². The summed E-state index contributed by atoms with van der Waals surface area (Å²) >= 11 is 0.